The molecule has 2 nitrogen and oxygen atoms in total. The van der Waals surface area contributed by atoms with E-state index in [1.54, 1.807) is 0 Å². The molecule has 0 atom stereocenters. The fraction of sp³-hybridized carbons (Fsp3) is 0. The number of aromatic nitrogens is 2. The quantitative estimate of drug-likeness (QED) is 0.496. The maximum absolute atomic E-state index is 4.14. The zero-order valence-electron chi connectivity index (χ0n) is 7.44. The summed E-state index contributed by atoms with van der Waals surface area (Å²) in [6, 6.07) is 16.9. The molecule has 0 saturated carbocycles. The van der Waals surface area contributed by atoms with Crippen molar-refractivity contribution in [1.82, 2.24) is 10.2 Å². The average molecular weight is 179 g/mol. The van der Waals surface area contributed by atoms with E-state index in [-0.39, 0.29) is 0 Å². The molecule has 1 heterocycles. The van der Waals surface area contributed by atoms with E-state index < -0.39 is 0 Å². The van der Waals surface area contributed by atoms with Crippen molar-refractivity contribution in [2.45, 2.75) is 0 Å². The Bertz CT molecular complexity index is 547. The molecule has 0 saturated heterocycles. The summed E-state index contributed by atoms with van der Waals surface area (Å²) in [5, 5.41) is 10.4. The van der Waals surface area contributed by atoms with Gasteiger partial charge in [0.25, 0.3) is 0 Å². The predicted molar refractivity (Wildman–Crippen MR) is 55.9 cm³/mol. The molecular formula is C12H7N2. The highest BCUT2D eigenvalue weighted by atomic mass is 15.1. The molecule has 1 radical (unpaired) electrons. The molecule has 0 aliphatic heterocycles. The van der Waals surface area contributed by atoms with Crippen LogP contribution >= 0.6 is 0 Å². The molecule has 65 valence electrons. The summed E-state index contributed by atoms with van der Waals surface area (Å²) in [4.78, 5) is 0. The zero-order chi connectivity index (χ0) is 9.38. The molecule has 0 spiro atoms. The second-order valence-electron chi connectivity index (χ2n) is 3.15. The van der Waals surface area contributed by atoms with E-state index in [4.69, 9.17) is 0 Å². The molecule has 0 unspecified atom stereocenters. The van der Waals surface area contributed by atoms with Crippen molar-refractivity contribution in [2.75, 3.05) is 0 Å². The molecule has 0 fully saturated rings. The minimum atomic E-state index is 0.895. The molecule has 0 aliphatic carbocycles. The van der Waals surface area contributed by atoms with Crippen LogP contribution in [0.1, 0.15) is 0 Å². The van der Waals surface area contributed by atoms with Gasteiger partial charge in [-0.2, -0.15) is 0 Å². The molecule has 0 N–H and O–H groups in total. The first-order valence-electron chi connectivity index (χ1n) is 4.47. The Morgan fingerprint density at radius 1 is 0.857 bits per heavy atom. The number of fused-ring (bicyclic) bond motifs is 3. The number of hydrogen-bond donors (Lipinski definition) is 0. The van der Waals surface area contributed by atoms with Gasteiger partial charge in [-0.1, -0.05) is 30.3 Å². The van der Waals surface area contributed by atoms with Crippen LogP contribution in [0, 0.1) is 6.07 Å². The van der Waals surface area contributed by atoms with Gasteiger partial charge in [-0.15, -0.1) is 10.2 Å². The average Bonchev–Trinajstić information content (AvgIpc) is 2.29. The predicted octanol–water partition coefficient (Wildman–Crippen LogP) is 2.58. The van der Waals surface area contributed by atoms with Gasteiger partial charge in [0.1, 0.15) is 0 Å². The smallest absolute Gasteiger partial charge is 0.0942 e. The lowest BCUT2D eigenvalue weighted by Gasteiger charge is -1.99. The Morgan fingerprint density at radius 3 is 2.64 bits per heavy atom. The van der Waals surface area contributed by atoms with Crippen LogP contribution in [0.3, 0.4) is 0 Å². The maximum atomic E-state index is 4.14. The van der Waals surface area contributed by atoms with E-state index in [0.29, 0.717) is 0 Å². The van der Waals surface area contributed by atoms with Gasteiger partial charge in [0.05, 0.1) is 11.0 Å². The van der Waals surface area contributed by atoms with Gasteiger partial charge in [-0.25, -0.2) is 0 Å². The van der Waals surface area contributed by atoms with Gasteiger partial charge in [0.2, 0.25) is 0 Å². The second kappa shape index (κ2) is 2.77. The molecule has 3 rings (SSSR count). The third-order valence-corrected chi connectivity index (χ3v) is 2.27. The lowest BCUT2D eigenvalue weighted by molar-refractivity contribution is 1.12. The highest BCUT2D eigenvalue weighted by Gasteiger charge is 2.00. The topological polar surface area (TPSA) is 25.8 Å². The molecule has 0 bridgehead atoms. The van der Waals surface area contributed by atoms with E-state index in [2.05, 4.69) is 16.3 Å². The summed E-state index contributed by atoms with van der Waals surface area (Å²) < 4.78 is 0. The van der Waals surface area contributed by atoms with E-state index in [0.717, 1.165) is 21.8 Å². The first-order chi connectivity index (χ1) is 6.95. The minimum absolute atomic E-state index is 0.895. The first kappa shape index (κ1) is 7.44. The third-order valence-electron chi connectivity index (χ3n) is 2.27. The van der Waals surface area contributed by atoms with E-state index in [1.807, 2.05) is 42.5 Å². The van der Waals surface area contributed by atoms with Crippen molar-refractivity contribution in [3.8, 4) is 0 Å². The van der Waals surface area contributed by atoms with Crippen LogP contribution in [0.5, 0.6) is 0 Å². The Labute approximate surface area is 81.2 Å². The van der Waals surface area contributed by atoms with Gasteiger partial charge < -0.3 is 0 Å². The van der Waals surface area contributed by atoms with Crippen molar-refractivity contribution in [3.63, 3.8) is 0 Å². The first-order valence-corrected chi connectivity index (χ1v) is 4.47. The normalized spacial score (nSPS) is 10.9. The second-order valence-corrected chi connectivity index (χ2v) is 3.15. The molecule has 2 aromatic carbocycles. The van der Waals surface area contributed by atoms with Crippen molar-refractivity contribution in [3.05, 3.63) is 48.5 Å². The standard InChI is InChI=1S/C12H7N2/c1-3-7-11-9(5-1)10-6-2-4-8-12(10)14-13-11/h1-5,7-8H. The van der Waals surface area contributed by atoms with Gasteiger partial charge >= 0.3 is 0 Å². The van der Waals surface area contributed by atoms with Crippen molar-refractivity contribution in [1.29, 1.82) is 0 Å². The number of nitrogens with zero attached hydrogens (tertiary/aromatic N) is 2. The van der Waals surface area contributed by atoms with Crippen molar-refractivity contribution in [2.24, 2.45) is 0 Å². The Kier molecular flexibility index (Phi) is 1.47. The summed E-state index contributed by atoms with van der Waals surface area (Å²) in [6.45, 7) is 0. The number of hydrogen-bond acceptors (Lipinski definition) is 2. The summed E-state index contributed by atoms with van der Waals surface area (Å²) >= 11 is 0. The fourth-order valence-electron chi connectivity index (χ4n) is 1.61. The van der Waals surface area contributed by atoms with Gasteiger partial charge in [0, 0.05) is 10.8 Å². The maximum Gasteiger partial charge on any atom is 0.0942 e. The van der Waals surface area contributed by atoms with E-state index in [1.165, 1.54) is 0 Å². The Hall–Kier alpha value is -1.96. The van der Waals surface area contributed by atoms with Crippen LogP contribution in [0.4, 0.5) is 0 Å². The fourth-order valence-corrected chi connectivity index (χ4v) is 1.61. The molecule has 3 aromatic rings. The summed E-state index contributed by atoms with van der Waals surface area (Å²) in [5.74, 6) is 0. The van der Waals surface area contributed by atoms with Gasteiger partial charge in [-0.3, -0.25) is 0 Å². The minimum Gasteiger partial charge on any atom is -0.150 e. The zero-order valence-corrected chi connectivity index (χ0v) is 7.44. The Balaban J connectivity index is 2.61. The molecule has 14 heavy (non-hydrogen) atoms. The van der Waals surface area contributed by atoms with E-state index >= 15 is 0 Å². The molecule has 0 amide bonds. The molecule has 2 heteroatoms. The SMILES string of the molecule is [c]1cccc2nnc3ccccc3c12. The van der Waals surface area contributed by atoms with Crippen LogP contribution in [0.2, 0.25) is 0 Å². The summed E-state index contributed by atoms with van der Waals surface area (Å²) in [7, 11) is 0. The largest absolute Gasteiger partial charge is 0.150 e. The lowest BCUT2D eigenvalue weighted by Crippen LogP contribution is -1.86. The summed E-state index contributed by atoms with van der Waals surface area (Å²) in [5.41, 5.74) is 1.81. The summed E-state index contributed by atoms with van der Waals surface area (Å²) in [6.07, 6.45) is 0. The highest BCUT2D eigenvalue weighted by molar-refractivity contribution is 6.02. The van der Waals surface area contributed by atoms with Crippen LogP contribution in [0.25, 0.3) is 21.8 Å². The lowest BCUT2D eigenvalue weighted by atomic mass is 10.1. The molecular weight excluding hydrogens is 172 g/mol. The van der Waals surface area contributed by atoms with Crippen LogP contribution in [0.15, 0.2) is 42.5 Å². The van der Waals surface area contributed by atoms with Crippen molar-refractivity contribution < 1.29 is 0 Å². The van der Waals surface area contributed by atoms with Crippen molar-refractivity contribution >= 4 is 21.8 Å². The number of benzene rings is 2. The monoisotopic (exact) mass is 179 g/mol. The molecule has 0 aliphatic rings. The Morgan fingerprint density at radius 2 is 1.64 bits per heavy atom. The van der Waals surface area contributed by atoms with Crippen LogP contribution in [-0.2, 0) is 0 Å². The highest BCUT2D eigenvalue weighted by Crippen LogP contribution is 2.20. The van der Waals surface area contributed by atoms with Crippen LogP contribution < -0.4 is 0 Å². The number of rotatable bonds is 0. The third kappa shape index (κ3) is 0.973. The van der Waals surface area contributed by atoms with Gasteiger partial charge in [0.15, 0.2) is 0 Å². The van der Waals surface area contributed by atoms with E-state index in [9.17, 15) is 0 Å². The van der Waals surface area contributed by atoms with Crippen LogP contribution in [-0.4, -0.2) is 10.2 Å². The van der Waals surface area contributed by atoms with Gasteiger partial charge in [-0.05, 0) is 18.2 Å². The molecule has 1 aromatic heterocycles.